The molecule has 0 spiro atoms. The van der Waals surface area contributed by atoms with E-state index in [-0.39, 0.29) is 17.1 Å². The van der Waals surface area contributed by atoms with Crippen molar-refractivity contribution in [1.82, 2.24) is 0 Å². The molecule has 0 heterocycles. The molecule has 2 aromatic rings. The Balaban J connectivity index is 1.58. The molecule has 0 saturated carbocycles. The average Bonchev–Trinajstić information content (AvgIpc) is 2.80. The third kappa shape index (κ3) is 6.86. The van der Waals surface area contributed by atoms with Crippen molar-refractivity contribution in [3.05, 3.63) is 60.7 Å². The number of carbonyl (C=O) groups is 3. The highest BCUT2D eigenvalue weighted by molar-refractivity contribution is 8.00. The molecule has 0 radical (unpaired) electrons. The first-order valence-electron chi connectivity index (χ1n) is 10.9. The van der Waals surface area contributed by atoms with E-state index in [2.05, 4.69) is 10.6 Å². The Morgan fingerprint density at radius 3 is 2.39 bits per heavy atom. The number of ether oxygens (including phenoxy) is 1. The van der Waals surface area contributed by atoms with Gasteiger partial charge in [-0.2, -0.15) is 0 Å². The first-order valence-corrected chi connectivity index (χ1v) is 11.7. The van der Waals surface area contributed by atoms with Crippen LogP contribution in [0.2, 0.25) is 0 Å². The normalized spacial score (nSPS) is 18.2. The zero-order valence-corrected chi connectivity index (χ0v) is 19.4. The smallest absolute Gasteiger partial charge is 0.307 e. The molecular weight excluding hydrogens is 440 g/mol. The molecule has 2 amide bonds. The molecule has 3 atom stereocenters. The van der Waals surface area contributed by atoms with E-state index in [9.17, 15) is 19.5 Å². The van der Waals surface area contributed by atoms with Crippen LogP contribution in [0.5, 0.6) is 5.75 Å². The minimum absolute atomic E-state index is 0.142. The van der Waals surface area contributed by atoms with Gasteiger partial charge in [-0.1, -0.05) is 18.2 Å². The van der Waals surface area contributed by atoms with Gasteiger partial charge in [0.05, 0.1) is 23.7 Å². The maximum Gasteiger partial charge on any atom is 0.307 e. The Kier molecular flexibility index (Phi) is 8.54. The summed E-state index contributed by atoms with van der Waals surface area (Å²) in [5.41, 5.74) is 1.26. The first-order chi connectivity index (χ1) is 15.9. The standard InChI is InChI=1S/C25H28N2O5S/c1-3-32-19-13-11-17(12-14-19)26-23(28)16(2)33-20-8-6-7-18(15-20)27-24(29)21-9-4-5-10-22(21)25(30)31/h4-8,11-16,21-22H,3,9-10H2,1-2H3,(H,26,28)(H,27,29)(H,30,31). The Morgan fingerprint density at radius 2 is 1.73 bits per heavy atom. The summed E-state index contributed by atoms with van der Waals surface area (Å²) in [7, 11) is 0. The minimum Gasteiger partial charge on any atom is -0.494 e. The number of nitrogens with one attached hydrogen (secondary N) is 2. The highest BCUT2D eigenvalue weighted by atomic mass is 32.2. The van der Waals surface area contributed by atoms with Crippen molar-refractivity contribution in [3.8, 4) is 5.75 Å². The molecule has 0 bridgehead atoms. The summed E-state index contributed by atoms with van der Waals surface area (Å²) < 4.78 is 5.41. The van der Waals surface area contributed by atoms with Crippen molar-refractivity contribution in [2.24, 2.45) is 11.8 Å². The number of hydrogen-bond donors (Lipinski definition) is 3. The van der Waals surface area contributed by atoms with E-state index < -0.39 is 17.8 Å². The first kappa shape index (κ1) is 24.4. The number of thioether (sulfide) groups is 1. The van der Waals surface area contributed by atoms with E-state index in [1.165, 1.54) is 11.8 Å². The van der Waals surface area contributed by atoms with E-state index in [4.69, 9.17) is 4.74 Å². The molecule has 2 aromatic carbocycles. The van der Waals surface area contributed by atoms with Crippen molar-refractivity contribution in [2.45, 2.75) is 36.8 Å². The lowest BCUT2D eigenvalue weighted by molar-refractivity contribution is -0.146. The average molecular weight is 469 g/mol. The van der Waals surface area contributed by atoms with Gasteiger partial charge in [-0.05, 0) is 69.2 Å². The number of anilines is 2. The summed E-state index contributed by atoms with van der Waals surface area (Å²) in [6.07, 6.45) is 4.41. The molecule has 3 unspecified atom stereocenters. The van der Waals surface area contributed by atoms with Gasteiger partial charge in [0.15, 0.2) is 0 Å². The lowest BCUT2D eigenvalue weighted by Crippen LogP contribution is -2.34. The second kappa shape index (κ2) is 11.6. The lowest BCUT2D eigenvalue weighted by Gasteiger charge is -2.24. The van der Waals surface area contributed by atoms with Crippen molar-refractivity contribution in [1.29, 1.82) is 0 Å². The fraction of sp³-hybridized carbons (Fsp3) is 0.320. The molecule has 0 aliphatic heterocycles. The van der Waals surface area contributed by atoms with Crippen molar-refractivity contribution < 1.29 is 24.2 Å². The van der Waals surface area contributed by atoms with Crippen molar-refractivity contribution in [2.75, 3.05) is 17.2 Å². The van der Waals surface area contributed by atoms with Gasteiger partial charge in [-0.25, -0.2) is 0 Å². The fourth-order valence-electron chi connectivity index (χ4n) is 3.56. The molecule has 3 rings (SSSR count). The third-order valence-corrected chi connectivity index (χ3v) is 6.40. The summed E-state index contributed by atoms with van der Waals surface area (Å²) in [4.78, 5) is 37.6. The van der Waals surface area contributed by atoms with Gasteiger partial charge in [0.1, 0.15) is 5.75 Å². The Morgan fingerprint density at radius 1 is 1.03 bits per heavy atom. The van der Waals surface area contributed by atoms with Crippen molar-refractivity contribution in [3.63, 3.8) is 0 Å². The molecule has 174 valence electrons. The molecule has 7 nitrogen and oxygen atoms in total. The van der Waals surface area contributed by atoms with Crippen LogP contribution in [0.4, 0.5) is 11.4 Å². The maximum atomic E-state index is 12.7. The van der Waals surface area contributed by atoms with Crippen LogP contribution in [0.3, 0.4) is 0 Å². The molecule has 1 aliphatic carbocycles. The monoisotopic (exact) mass is 468 g/mol. The van der Waals surface area contributed by atoms with E-state index in [1.54, 1.807) is 48.5 Å². The Labute approximate surface area is 197 Å². The minimum atomic E-state index is -0.962. The Hall–Kier alpha value is -3.26. The van der Waals surface area contributed by atoms with Crippen LogP contribution in [0.1, 0.15) is 26.7 Å². The lowest BCUT2D eigenvalue weighted by atomic mass is 9.82. The molecular formula is C25H28N2O5S. The number of amides is 2. The molecule has 33 heavy (non-hydrogen) atoms. The SMILES string of the molecule is CCOc1ccc(NC(=O)C(C)Sc2cccc(NC(=O)C3CC=CCC3C(=O)O)c2)cc1. The number of benzene rings is 2. The number of carbonyl (C=O) groups excluding carboxylic acids is 2. The fourth-order valence-corrected chi connectivity index (χ4v) is 4.49. The second-order valence-corrected chi connectivity index (χ2v) is 9.13. The van der Waals surface area contributed by atoms with Gasteiger partial charge in [-0.3, -0.25) is 14.4 Å². The van der Waals surface area contributed by atoms with E-state index in [0.29, 0.717) is 30.8 Å². The van der Waals surface area contributed by atoms with Gasteiger partial charge < -0.3 is 20.5 Å². The summed E-state index contributed by atoms with van der Waals surface area (Å²) in [5, 5.41) is 14.8. The zero-order chi connectivity index (χ0) is 23.8. The zero-order valence-electron chi connectivity index (χ0n) is 18.6. The van der Waals surface area contributed by atoms with Crippen LogP contribution in [0.15, 0.2) is 65.6 Å². The van der Waals surface area contributed by atoms with Gasteiger partial charge in [-0.15, -0.1) is 11.8 Å². The summed E-state index contributed by atoms with van der Waals surface area (Å²) in [6.45, 7) is 4.30. The van der Waals surface area contributed by atoms with E-state index in [1.807, 2.05) is 26.0 Å². The topological polar surface area (TPSA) is 105 Å². The van der Waals surface area contributed by atoms with Crippen LogP contribution >= 0.6 is 11.8 Å². The number of rotatable bonds is 9. The number of carboxylic acids is 1. The molecule has 8 heteroatoms. The van der Waals surface area contributed by atoms with Gasteiger partial charge in [0, 0.05) is 16.3 Å². The van der Waals surface area contributed by atoms with Crippen LogP contribution in [-0.2, 0) is 14.4 Å². The van der Waals surface area contributed by atoms with Crippen LogP contribution in [-0.4, -0.2) is 34.7 Å². The van der Waals surface area contributed by atoms with Crippen LogP contribution in [0, 0.1) is 11.8 Å². The molecule has 0 fully saturated rings. The summed E-state index contributed by atoms with van der Waals surface area (Å²) in [6, 6.07) is 14.4. The molecule has 0 saturated heterocycles. The van der Waals surface area contributed by atoms with Gasteiger partial charge in [0.25, 0.3) is 0 Å². The predicted octanol–water partition coefficient (Wildman–Crippen LogP) is 4.81. The van der Waals surface area contributed by atoms with Gasteiger partial charge in [0.2, 0.25) is 11.8 Å². The molecule has 0 aromatic heterocycles. The number of hydrogen-bond acceptors (Lipinski definition) is 5. The van der Waals surface area contributed by atoms with E-state index in [0.717, 1.165) is 10.6 Å². The summed E-state index contributed by atoms with van der Waals surface area (Å²) in [5.74, 6) is -2.00. The Bertz CT molecular complexity index is 1020. The van der Waals surface area contributed by atoms with Crippen molar-refractivity contribution >= 4 is 40.9 Å². The van der Waals surface area contributed by atoms with Crippen LogP contribution in [0.25, 0.3) is 0 Å². The van der Waals surface area contributed by atoms with Gasteiger partial charge >= 0.3 is 5.97 Å². The largest absolute Gasteiger partial charge is 0.494 e. The number of allylic oxidation sites excluding steroid dienone is 2. The van der Waals surface area contributed by atoms with Crippen LogP contribution < -0.4 is 15.4 Å². The highest BCUT2D eigenvalue weighted by Crippen LogP contribution is 2.30. The predicted molar refractivity (Wildman–Crippen MR) is 130 cm³/mol. The number of carboxylic acid groups (broad SMARTS) is 1. The molecule has 3 N–H and O–H groups in total. The third-order valence-electron chi connectivity index (χ3n) is 5.30. The highest BCUT2D eigenvalue weighted by Gasteiger charge is 2.34. The maximum absolute atomic E-state index is 12.7. The second-order valence-electron chi connectivity index (χ2n) is 7.72. The van der Waals surface area contributed by atoms with E-state index >= 15 is 0 Å². The quantitative estimate of drug-likeness (QED) is 0.360. The molecule has 1 aliphatic rings. The summed E-state index contributed by atoms with van der Waals surface area (Å²) >= 11 is 1.37. The number of aliphatic carboxylic acids is 1.